The van der Waals surface area contributed by atoms with Crippen LogP contribution in [0.15, 0.2) is 24.3 Å². The number of hydrogen-bond acceptors (Lipinski definition) is 3. The molecule has 2 amide bonds. The number of alkyl halides is 1. The molecule has 1 saturated heterocycles. The first-order valence-electron chi connectivity index (χ1n) is 7.60. The molecule has 1 aromatic rings. The number of likely N-dealkylation sites (tertiary alicyclic amines) is 1. The highest BCUT2D eigenvalue weighted by Gasteiger charge is 2.24. The van der Waals surface area contributed by atoms with Crippen molar-refractivity contribution in [3.05, 3.63) is 35.6 Å². The third kappa shape index (κ3) is 5.71. The van der Waals surface area contributed by atoms with Crippen LogP contribution >= 0.6 is 11.6 Å². The van der Waals surface area contributed by atoms with Crippen molar-refractivity contribution in [3.63, 3.8) is 0 Å². The van der Waals surface area contributed by atoms with Gasteiger partial charge in [0.1, 0.15) is 12.4 Å². The monoisotopic (exact) mass is 342 g/mol. The second-order valence-electron chi connectivity index (χ2n) is 5.44. The molecule has 126 valence electrons. The van der Waals surface area contributed by atoms with Gasteiger partial charge in [-0.05, 0) is 30.5 Å². The van der Waals surface area contributed by atoms with Gasteiger partial charge in [-0.25, -0.2) is 9.18 Å². The van der Waals surface area contributed by atoms with E-state index in [9.17, 15) is 14.0 Å². The van der Waals surface area contributed by atoms with Crippen LogP contribution in [0.5, 0.6) is 0 Å². The molecule has 0 atom stereocenters. The number of carbonyl (C=O) groups is 2. The van der Waals surface area contributed by atoms with E-state index in [1.54, 1.807) is 17.0 Å². The topological polar surface area (TPSA) is 58.6 Å². The molecule has 0 radical (unpaired) electrons. The van der Waals surface area contributed by atoms with Gasteiger partial charge in [-0.15, -0.1) is 11.6 Å². The van der Waals surface area contributed by atoms with Gasteiger partial charge in [0.25, 0.3) is 0 Å². The third-order valence-corrected chi connectivity index (χ3v) is 3.85. The second kappa shape index (κ2) is 8.72. The van der Waals surface area contributed by atoms with Gasteiger partial charge in [0.05, 0.1) is 12.3 Å². The highest BCUT2D eigenvalue weighted by Crippen LogP contribution is 2.12. The van der Waals surface area contributed by atoms with Crippen molar-refractivity contribution < 1.29 is 18.7 Å². The molecule has 0 aliphatic carbocycles. The Morgan fingerprint density at radius 1 is 1.26 bits per heavy atom. The van der Waals surface area contributed by atoms with E-state index in [2.05, 4.69) is 5.32 Å². The molecule has 1 heterocycles. The fourth-order valence-electron chi connectivity index (χ4n) is 2.49. The number of ether oxygens (including phenoxy) is 1. The SMILES string of the molecule is O=C(Cc1ccc(F)cc1)NC1CCN(C(=O)OCCCl)CC1. The van der Waals surface area contributed by atoms with E-state index >= 15 is 0 Å². The maximum atomic E-state index is 12.8. The molecular weight excluding hydrogens is 323 g/mol. The molecule has 0 saturated carbocycles. The Hall–Kier alpha value is -1.82. The Morgan fingerprint density at radius 2 is 1.91 bits per heavy atom. The summed E-state index contributed by atoms with van der Waals surface area (Å²) in [6.07, 6.45) is 1.23. The maximum Gasteiger partial charge on any atom is 0.409 e. The summed E-state index contributed by atoms with van der Waals surface area (Å²) in [4.78, 5) is 25.3. The molecular formula is C16H20ClFN2O3. The van der Waals surface area contributed by atoms with Gasteiger partial charge in [0.15, 0.2) is 0 Å². The van der Waals surface area contributed by atoms with E-state index in [1.165, 1.54) is 12.1 Å². The zero-order valence-electron chi connectivity index (χ0n) is 12.8. The fraction of sp³-hybridized carbons (Fsp3) is 0.500. The third-order valence-electron chi connectivity index (χ3n) is 3.70. The molecule has 1 aliphatic rings. The van der Waals surface area contributed by atoms with E-state index in [-0.39, 0.29) is 42.8 Å². The molecule has 23 heavy (non-hydrogen) atoms. The summed E-state index contributed by atoms with van der Waals surface area (Å²) in [5, 5.41) is 2.95. The molecule has 0 spiro atoms. The lowest BCUT2D eigenvalue weighted by Crippen LogP contribution is -2.47. The predicted octanol–water partition coefficient (Wildman–Crippen LogP) is 2.32. The summed E-state index contributed by atoms with van der Waals surface area (Å²) in [6, 6.07) is 5.93. The number of hydrogen-bond donors (Lipinski definition) is 1. The molecule has 1 aromatic carbocycles. The van der Waals surface area contributed by atoms with Gasteiger partial charge in [0.2, 0.25) is 5.91 Å². The first-order chi connectivity index (χ1) is 11.1. The number of nitrogens with zero attached hydrogens (tertiary/aromatic N) is 1. The van der Waals surface area contributed by atoms with Gasteiger partial charge >= 0.3 is 6.09 Å². The van der Waals surface area contributed by atoms with Gasteiger partial charge in [-0.1, -0.05) is 12.1 Å². The predicted molar refractivity (Wildman–Crippen MR) is 84.9 cm³/mol. The Bertz CT molecular complexity index is 531. The molecule has 1 N–H and O–H groups in total. The Kier molecular flexibility index (Phi) is 6.65. The zero-order valence-corrected chi connectivity index (χ0v) is 13.5. The van der Waals surface area contributed by atoms with Crippen molar-refractivity contribution in [2.24, 2.45) is 0 Å². The first kappa shape index (κ1) is 17.5. The van der Waals surface area contributed by atoms with E-state index in [1.807, 2.05) is 0 Å². The molecule has 0 bridgehead atoms. The highest BCUT2D eigenvalue weighted by molar-refractivity contribution is 6.18. The smallest absolute Gasteiger partial charge is 0.409 e. The summed E-state index contributed by atoms with van der Waals surface area (Å²) in [6.45, 7) is 1.29. The summed E-state index contributed by atoms with van der Waals surface area (Å²) < 4.78 is 17.8. The standard InChI is InChI=1S/C16H20ClFN2O3/c17-7-10-23-16(22)20-8-5-14(6-9-20)19-15(21)11-12-1-3-13(18)4-2-12/h1-4,14H,5-11H2,(H,19,21). The lowest BCUT2D eigenvalue weighted by Gasteiger charge is -2.31. The number of piperidine rings is 1. The van der Waals surface area contributed by atoms with Crippen LogP contribution in [0.2, 0.25) is 0 Å². The van der Waals surface area contributed by atoms with Crippen LogP contribution in [0.3, 0.4) is 0 Å². The molecule has 2 rings (SSSR count). The minimum absolute atomic E-state index is 0.0417. The van der Waals surface area contributed by atoms with Crippen molar-refractivity contribution >= 4 is 23.6 Å². The second-order valence-corrected chi connectivity index (χ2v) is 5.81. The molecule has 1 fully saturated rings. The van der Waals surface area contributed by atoms with Gasteiger partial charge in [-0.3, -0.25) is 4.79 Å². The quantitative estimate of drug-likeness (QED) is 0.835. The molecule has 7 heteroatoms. The Morgan fingerprint density at radius 3 is 2.52 bits per heavy atom. The normalized spacial score (nSPS) is 15.3. The summed E-state index contributed by atoms with van der Waals surface area (Å²) >= 11 is 5.48. The summed E-state index contributed by atoms with van der Waals surface area (Å²) in [5.74, 6) is -0.135. The van der Waals surface area contributed by atoms with Crippen LogP contribution in [-0.4, -0.2) is 48.5 Å². The average molecular weight is 343 g/mol. The van der Waals surface area contributed by atoms with Gasteiger partial charge in [-0.2, -0.15) is 0 Å². The molecule has 5 nitrogen and oxygen atoms in total. The number of carbonyl (C=O) groups excluding carboxylic acids is 2. The molecule has 0 unspecified atom stereocenters. The lowest BCUT2D eigenvalue weighted by atomic mass is 10.0. The largest absolute Gasteiger partial charge is 0.448 e. The average Bonchev–Trinajstić information content (AvgIpc) is 2.55. The summed E-state index contributed by atoms with van der Waals surface area (Å²) in [5.41, 5.74) is 0.769. The van der Waals surface area contributed by atoms with E-state index < -0.39 is 0 Å². The number of benzene rings is 1. The highest BCUT2D eigenvalue weighted by atomic mass is 35.5. The van der Waals surface area contributed by atoms with Crippen molar-refractivity contribution in [2.45, 2.75) is 25.3 Å². The minimum Gasteiger partial charge on any atom is -0.448 e. The van der Waals surface area contributed by atoms with E-state index in [0.717, 1.165) is 5.56 Å². The van der Waals surface area contributed by atoms with Crippen LogP contribution in [0.25, 0.3) is 0 Å². The number of amides is 2. The van der Waals surface area contributed by atoms with Crippen LogP contribution < -0.4 is 5.32 Å². The van der Waals surface area contributed by atoms with Gasteiger partial charge < -0.3 is 15.0 Å². The minimum atomic E-state index is -0.360. The maximum absolute atomic E-state index is 12.8. The number of rotatable bonds is 5. The van der Waals surface area contributed by atoms with Crippen molar-refractivity contribution in [1.29, 1.82) is 0 Å². The lowest BCUT2D eigenvalue weighted by molar-refractivity contribution is -0.121. The van der Waals surface area contributed by atoms with Crippen molar-refractivity contribution in [3.8, 4) is 0 Å². The number of nitrogens with one attached hydrogen (secondary N) is 1. The molecule has 0 aromatic heterocycles. The summed E-state index contributed by atoms with van der Waals surface area (Å²) in [7, 11) is 0. The van der Waals surface area contributed by atoms with Crippen molar-refractivity contribution in [1.82, 2.24) is 10.2 Å². The van der Waals surface area contributed by atoms with E-state index in [4.69, 9.17) is 16.3 Å². The Balaban J connectivity index is 1.72. The van der Waals surface area contributed by atoms with Crippen LogP contribution in [0, 0.1) is 5.82 Å². The molecule has 1 aliphatic heterocycles. The van der Waals surface area contributed by atoms with E-state index in [0.29, 0.717) is 25.9 Å². The number of halogens is 2. The van der Waals surface area contributed by atoms with Crippen LogP contribution in [0.1, 0.15) is 18.4 Å². The van der Waals surface area contributed by atoms with Gasteiger partial charge in [0, 0.05) is 19.1 Å². The first-order valence-corrected chi connectivity index (χ1v) is 8.13. The van der Waals surface area contributed by atoms with Crippen LogP contribution in [0.4, 0.5) is 9.18 Å². The van der Waals surface area contributed by atoms with Crippen molar-refractivity contribution in [2.75, 3.05) is 25.6 Å². The fourth-order valence-corrected chi connectivity index (χ4v) is 2.57. The van der Waals surface area contributed by atoms with Crippen LogP contribution in [-0.2, 0) is 16.0 Å². The zero-order chi connectivity index (χ0) is 16.7. The Labute approximate surface area is 139 Å².